The number of benzene rings is 2. The van der Waals surface area contributed by atoms with Crippen LogP contribution in [0.4, 0.5) is 0 Å². The molecule has 3 rings (SSSR count). The van der Waals surface area contributed by atoms with Crippen molar-refractivity contribution in [2.24, 2.45) is 0 Å². The average molecular weight is 252 g/mol. The summed E-state index contributed by atoms with van der Waals surface area (Å²) in [7, 11) is 0. The second-order valence-electron chi connectivity index (χ2n) is 4.17. The molecule has 0 unspecified atom stereocenters. The predicted octanol–water partition coefficient (Wildman–Crippen LogP) is 2.03. The number of hydrogen-bond acceptors (Lipinski definition) is 4. The first-order valence-electron chi connectivity index (χ1n) is 5.91. The first-order chi connectivity index (χ1) is 9.36. The molecule has 0 bridgehead atoms. The van der Waals surface area contributed by atoms with Gasteiger partial charge >= 0.3 is 0 Å². The quantitative estimate of drug-likeness (QED) is 0.748. The number of nitrogens with zero attached hydrogens (tertiary/aromatic N) is 3. The second kappa shape index (κ2) is 4.99. The molecule has 5 nitrogen and oxygen atoms in total. The molecule has 2 N–H and O–H groups in total. The third-order valence-electron chi connectivity index (χ3n) is 2.93. The summed E-state index contributed by atoms with van der Waals surface area (Å²) in [6, 6.07) is 15.7. The van der Waals surface area contributed by atoms with Crippen LogP contribution in [0.25, 0.3) is 22.5 Å². The van der Waals surface area contributed by atoms with Gasteiger partial charge in [0.2, 0.25) is 5.82 Å². The Morgan fingerprint density at radius 2 is 1.74 bits per heavy atom. The van der Waals surface area contributed by atoms with Crippen LogP contribution in [0.5, 0.6) is 0 Å². The fourth-order valence-electron chi connectivity index (χ4n) is 1.95. The van der Waals surface area contributed by atoms with Gasteiger partial charge in [-0.25, -0.2) is 0 Å². The molecule has 0 aliphatic heterocycles. The Bertz CT molecular complexity index is 662. The van der Waals surface area contributed by atoms with E-state index in [0.29, 0.717) is 5.82 Å². The Labute approximate surface area is 109 Å². The van der Waals surface area contributed by atoms with Crippen molar-refractivity contribution >= 4 is 0 Å². The minimum absolute atomic E-state index is 0.0504. The molecule has 1 aromatic heterocycles. The SMILES string of the molecule is OCc1cccc(-c2ccc(-c3nn[nH]n3)cc2)c1. The number of aromatic nitrogens is 4. The summed E-state index contributed by atoms with van der Waals surface area (Å²) in [5.41, 5.74) is 3.98. The van der Waals surface area contributed by atoms with Crippen molar-refractivity contribution in [1.82, 2.24) is 20.6 Å². The number of nitrogens with one attached hydrogen (secondary N) is 1. The molecule has 0 atom stereocenters. The first kappa shape index (κ1) is 11.6. The van der Waals surface area contributed by atoms with Gasteiger partial charge in [-0.2, -0.15) is 5.21 Å². The fourth-order valence-corrected chi connectivity index (χ4v) is 1.95. The van der Waals surface area contributed by atoms with Crippen LogP contribution in [0.3, 0.4) is 0 Å². The molecular formula is C14H12N4O. The zero-order valence-corrected chi connectivity index (χ0v) is 10.1. The Morgan fingerprint density at radius 3 is 2.42 bits per heavy atom. The maximum Gasteiger partial charge on any atom is 0.204 e. The normalized spacial score (nSPS) is 10.6. The number of rotatable bonds is 3. The number of tetrazole rings is 1. The molecule has 0 aliphatic carbocycles. The van der Waals surface area contributed by atoms with Gasteiger partial charge in [0.1, 0.15) is 0 Å². The third-order valence-corrected chi connectivity index (χ3v) is 2.93. The van der Waals surface area contributed by atoms with Gasteiger partial charge < -0.3 is 5.11 Å². The lowest BCUT2D eigenvalue weighted by molar-refractivity contribution is 0.282. The van der Waals surface area contributed by atoms with Crippen LogP contribution in [-0.4, -0.2) is 25.7 Å². The molecule has 5 heteroatoms. The summed E-state index contributed by atoms with van der Waals surface area (Å²) in [5, 5.41) is 23.0. The van der Waals surface area contributed by atoms with Crippen LogP contribution in [-0.2, 0) is 6.61 Å². The van der Waals surface area contributed by atoms with Crippen LogP contribution in [0, 0.1) is 0 Å². The fraction of sp³-hybridized carbons (Fsp3) is 0.0714. The molecule has 0 spiro atoms. The molecule has 94 valence electrons. The molecule has 2 aromatic carbocycles. The average Bonchev–Trinajstić information content (AvgIpc) is 3.02. The number of aromatic amines is 1. The highest BCUT2D eigenvalue weighted by atomic mass is 16.3. The van der Waals surface area contributed by atoms with Gasteiger partial charge in [-0.15, -0.1) is 10.2 Å². The van der Waals surface area contributed by atoms with Crippen molar-refractivity contribution in [3.05, 3.63) is 54.1 Å². The Morgan fingerprint density at radius 1 is 0.947 bits per heavy atom. The van der Waals surface area contributed by atoms with E-state index in [0.717, 1.165) is 22.3 Å². The standard InChI is InChI=1S/C14H12N4O/c19-9-10-2-1-3-13(8-10)11-4-6-12(7-5-11)14-15-17-18-16-14/h1-8,19H,9H2,(H,15,16,17,18). The largest absolute Gasteiger partial charge is 0.392 e. The van der Waals surface area contributed by atoms with E-state index in [4.69, 9.17) is 5.11 Å². The van der Waals surface area contributed by atoms with E-state index in [9.17, 15) is 0 Å². The highest BCUT2D eigenvalue weighted by molar-refractivity contribution is 5.67. The van der Waals surface area contributed by atoms with Crippen LogP contribution >= 0.6 is 0 Å². The van der Waals surface area contributed by atoms with Crippen molar-refractivity contribution in [3.63, 3.8) is 0 Å². The lowest BCUT2D eigenvalue weighted by Gasteiger charge is -2.04. The van der Waals surface area contributed by atoms with Crippen LogP contribution in [0.2, 0.25) is 0 Å². The van der Waals surface area contributed by atoms with E-state index in [1.165, 1.54) is 0 Å². The van der Waals surface area contributed by atoms with E-state index >= 15 is 0 Å². The van der Waals surface area contributed by atoms with Gasteiger partial charge in [0, 0.05) is 5.56 Å². The Balaban J connectivity index is 1.94. The summed E-state index contributed by atoms with van der Waals surface area (Å²) < 4.78 is 0. The van der Waals surface area contributed by atoms with E-state index in [2.05, 4.69) is 20.6 Å². The molecule has 1 heterocycles. The highest BCUT2D eigenvalue weighted by Gasteiger charge is 2.03. The number of hydrogen-bond donors (Lipinski definition) is 2. The monoisotopic (exact) mass is 252 g/mol. The second-order valence-corrected chi connectivity index (χ2v) is 4.17. The minimum Gasteiger partial charge on any atom is -0.392 e. The summed E-state index contributed by atoms with van der Waals surface area (Å²) in [4.78, 5) is 0. The third kappa shape index (κ3) is 2.36. The van der Waals surface area contributed by atoms with Crippen molar-refractivity contribution in [2.75, 3.05) is 0 Å². The van der Waals surface area contributed by atoms with Crippen LogP contribution in [0.1, 0.15) is 5.56 Å². The van der Waals surface area contributed by atoms with Crippen LogP contribution in [0.15, 0.2) is 48.5 Å². The topological polar surface area (TPSA) is 74.7 Å². The molecule has 0 saturated heterocycles. The molecular weight excluding hydrogens is 240 g/mol. The van der Waals surface area contributed by atoms with Gasteiger partial charge in [0.25, 0.3) is 0 Å². The van der Waals surface area contributed by atoms with Gasteiger partial charge in [0.15, 0.2) is 0 Å². The Kier molecular flexibility index (Phi) is 3.04. The zero-order chi connectivity index (χ0) is 13.1. The van der Waals surface area contributed by atoms with E-state index in [1.54, 1.807) is 0 Å². The molecule has 0 aliphatic rings. The van der Waals surface area contributed by atoms with Crippen molar-refractivity contribution in [2.45, 2.75) is 6.61 Å². The smallest absolute Gasteiger partial charge is 0.204 e. The summed E-state index contributed by atoms with van der Waals surface area (Å²) in [5.74, 6) is 0.579. The Hall–Kier alpha value is -2.53. The van der Waals surface area contributed by atoms with E-state index in [-0.39, 0.29) is 6.61 Å². The molecule has 0 fully saturated rings. The molecule has 0 amide bonds. The lowest BCUT2D eigenvalue weighted by Crippen LogP contribution is -1.85. The van der Waals surface area contributed by atoms with Gasteiger partial charge in [-0.1, -0.05) is 42.5 Å². The summed E-state index contributed by atoms with van der Waals surface area (Å²) in [6.07, 6.45) is 0. The van der Waals surface area contributed by atoms with E-state index in [1.807, 2.05) is 48.5 Å². The van der Waals surface area contributed by atoms with E-state index < -0.39 is 0 Å². The minimum atomic E-state index is 0.0504. The molecule has 3 aromatic rings. The van der Waals surface area contributed by atoms with Gasteiger partial charge in [-0.3, -0.25) is 0 Å². The molecule has 0 radical (unpaired) electrons. The maximum absolute atomic E-state index is 9.15. The van der Waals surface area contributed by atoms with Crippen molar-refractivity contribution < 1.29 is 5.11 Å². The van der Waals surface area contributed by atoms with Crippen molar-refractivity contribution in [1.29, 1.82) is 0 Å². The summed E-state index contributed by atoms with van der Waals surface area (Å²) >= 11 is 0. The van der Waals surface area contributed by atoms with Crippen LogP contribution < -0.4 is 0 Å². The number of aliphatic hydroxyl groups excluding tert-OH is 1. The number of H-pyrrole nitrogens is 1. The van der Waals surface area contributed by atoms with Gasteiger partial charge in [0.05, 0.1) is 6.61 Å². The summed E-state index contributed by atoms with van der Waals surface area (Å²) in [6.45, 7) is 0.0504. The first-order valence-corrected chi connectivity index (χ1v) is 5.91. The van der Waals surface area contributed by atoms with Crippen molar-refractivity contribution in [3.8, 4) is 22.5 Å². The molecule has 0 saturated carbocycles. The predicted molar refractivity (Wildman–Crippen MR) is 71.0 cm³/mol. The maximum atomic E-state index is 9.15. The lowest BCUT2D eigenvalue weighted by atomic mass is 10.0. The van der Waals surface area contributed by atoms with Gasteiger partial charge in [-0.05, 0) is 28.0 Å². The highest BCUT2D eigenvalue weighted by Crippen LogP contribution is 2.23. The number of aliphatic hydroxyl groups is 1. The zero-order valence-electron chi connectivity index (χ0n) is 10.1. The molecule has 19 heavy (non-hydrogen) atoms.